The Morgan fingerprint density at radius 2 is 1.68 bits per heavy atom. The van der Waals surface area contributed by atoms with E-state index >= 15 is 0 Å². The molecule has 40 heavy (non-hydrogen) atoms. The van der Waals surface area contributed by atoms with Gasteiger partial charge in [-0.25, -0.2) is 13.3 Å². The van der Waals surface area contributed by atoms with E-state index in [0.717, 1.165) is 11.1 Å². The van der Waals surface area contributed by atoms with Crippen LogP contribution in [0.4, 0.5) is 8.78 Å². The number of hydrogen-bond donors (Lipinski definition) is 0. The Labute approximate surface area is 232 Å². The minimum Gasteiger partial charge on any atom is -0.473 e. The number of ketones is 1. The highest BCUT2D eigenvalue weighted by molar-refractivity contribution is 6.03. The molecule has 2 aromatic heterocycles. The molecular formula is C32H34F2N2O4. The summed E-state index contributed by atoms with van der Waals surface area (Å²) in [6.07, 6.45) is 1.64. The van der Waals surface area contributed by atoms with Gasteiger partial charge in [0.15, 0.2) is 5.78 Å². The van der Waals surface area contributed by atoms with Gasteiger partial charge in [0.1, 0.15) is 24.8 Å². The van der Waals surface area contributed by atoms with E-state index < -0.39 is 17.0 Å². The molecule has 2 heterocycles. The Hall–Kier alpha value is -4.07. The van der Waals surface area contributed by atoms with Crippen molar-refractivity contribution < 1.29 is 27.8 Å². The van der Waals surface area contributed by atoms with Crippen molar-refractivity contribution >= 4 is 17.3 Å². The minimum atomic E-state index is -0.695. The maximum Gasteiger partial charge on any atom is 0.306 e. The highest BCUT2D eigenvalue weighted by Gasteiger charge is 2.29. The summed E-state index contributed by atoms with van der Waals surface area (Å²) in [4.78, 5) is 26.1. The van der Waals surface area contributed by atoms with Gasteiger partial charge in [0.25, 0.3) is 0 Å². The van der Waals surface area contributed by atoms with E-state index in [-0.39, 0.29) is 49.3 Å². The van der Waals surface area contributed by atoms with Gasteiger partial charge in [-0.05, 0) is 55.0 Å². The molecule has 0 bridgehead atoms. The molecule has 0 saturated heterocycles. The quantitative estimate of drug-likeness (QED) is 0.137. The number of ether oxygens (including phenoxy) is 2. The number of carbonyl (C=O) groups is 2. The Balaban J connectivity index is 1.46. The molecule has 0 fully saturated rings. The number of hydrogen-bond acceptors (Lipinski definition) is 5. The molecule has 4 aromatic rings. The van der Waals surface area contributed by atoms with Crippen molar-refractivity contribution in [1.29, 1.82) is 0 Å². The summed E-state index contributed by atoms with van der Waals surface area (Å²) in [5.74, 6) is -1.50. The first kappa shape index (κ1) is 28.9. The molecule has 1 atom stereocenters. The van der Waals surface area contributed by atoms with Gasteiger partial charge in [0, 0.05) is 12.5 Å². The van der Waals surface area contributed by atoms with Gasteiger partial charge >= 0.3 is 5.97 Å². The molecule has 0 amide bonds. The van der Waals surface area contributed by atoms with Gasteiger partial charge in [0.05, 0.1) is 28.8 Å². The fraction of sp³-hybridized carbons (Fsp3) is 0.344. The Kier molecular flexibility index (Phi) is 8.97. The summed E-state index contributed by atoms with van der Waals surface area (Å²) in [5, 5.41) is 4.51. The number of benzene rings is 2. The van der Waals surface area contributed by atoms with Crippen molar-refractivity contribution in [2.24, 2.45) is 5.41 Å². The number of rotatable bonds is 12. The van der Waals surface area contributed by atoms with Crippen molar-refractivity contribution in [2.75, 3.05) is 0 Å². The average Bonchev–Trinajstić information content (AvgIpc) is 3.26. The molecule has 210 valence electrons. The standard InChI is InChI=1S/C32H34F2N2O4/c1-5-32(4,18-30(38)40-19-23-10-7-6-8-11-23)15-14-28(37)31-22(3)35-36-27(31)16-21(2)17-29(36)39-20-24-25(33)12-9-13-26(24)34/h6-13,16-17H,5,14-15,18-20H2,1-4H3. The summed E-state index contributed by atoms with van der Waals surface area (Å²) in [6.45, 7) is 7.48. The van der Waals surface area contributed by atoms with Crippen molar-refractivity contribution in [3.05, 3.63) is 100 Å². The van der Waals surface area contributed by atoms with E-state index in [9.17, 15) is 18.4 Å². The lowest BCUT2D eigenvalue weighted by Gasteiger charge is -2.27. The molecule has 2 aromatic carbocycles. The van der Waals surface area contributed by atoms with Gasteiger partial charge in [-0.3, -0.25) is 9.59 Å². The van der Waals surface area contributed by atoms with Crippen LogP contribution in [0.5, 0.6) is 5.88 Å². The van der Waals surface area contributed by atoms with Crippen molar-refractivity contribution in [3.8, 4) is 5.88 Å². The first-order valence-electron chi connectivity index (χ1n) is 13.4. The van der Waals surface area contributed by atoms with Crippen LogP contribution in [-0.2, 0) is 22.7 Å². The lowest BCUT2D eigenvalue weighted by molar-refractivity contribution is -0.147. The first-order chi connectivity index (χ1) is 19.1. The number of aryl methyl sites for hydroxylation is 2. The van der Waals surface area contributed by atoms with Gasteiger partial charge in [0.2, 0.25) is 5.88 Å². The summed E-state index contributed by atoms with van der Waals surface area (Å²) in [5.41, 5.74) is 2.70. The van der Waals surface area contributed by atoms with Crippen molar-refractivity contribution in [1.82, 2.24) is 9.61 Å². The molecular weight excluding hydrogens is 514 g/mol. The van der Waals surface area contributed by atoms with Crippen LogP contribution in [0.15, 0.2) is 60.7 Å². The number of Topliss-reactive ketones (excluding diaryl/α,β-unsaturated/α-hetero) is 1. The van der Waals surface area contributed by atoms with E-state index in [1.807, 2.05) is 57.2 Å². The summed E-state index contributed by atoms with van der Waals surface area (Å²) < 4.78 is 41.0. The highest BCUT2D eigenvalue weighted by atomic mass is 19.1. The fourth-order valence-electron chi connectivity index (χ4n) is 4.69. The fourth-order valence-corrected chi connectivity index (χ4v) is 4.69. The molecule has 1 unspecified atom stereocenters. The summed E-state index contributed by atoms with van der Waals surface area (Å²) in [6, 6.07) is 16.7. The van der Waals surface area contributed by atoms with Crippen molar-refractivity contribution in [3.63, 3.8) is 0 Å². The molecule has 0 saturated carbocycles. The maximum absolute atomic E-state index is 14.1. The number of aromatic nitrogens is 2. The number of nitrogens with zero attached hydrogens (tertiary/aromatic N) is 2. The van der Waals surface area contributed by atoms with Crippen LogP contribution in [0.2, 0.25) is 0 Å². The van der Waals surface area contributed by atoms with Crippen LogP contribution >= 0.6 is 0 Å². The summed E-state index contributed by atoms with van der Waals surface area (Å²) in [7, 11) is 0. The van der Waals surface area contributed by atoms with Gasteiger partial charge in [-0.15, -0.1) is 0 Å². The monoisotopic (exact) mass is 548 g/mol. The molecule has 6 nitrogen and oxygen atoms in total. The molecule has 0 N–H and O–H groups in total. The SMILES string of the molecule is CCC(C)(CCC(=O)c1c(C)nn2c(OCc3c(F)cccc3F)cc(C)cc12)CC(=O)OCc1ccccc1. The zero-order valence-corrected chi connectivity index (χ0v) is 23.3. The number of pyridine rings is 1. The second-order valence-electron chi connectivity index (χ2n) is 10.5. The zero-order chi connectivity index (χ0) is 28.9. The topological polar surface area (TPSA) is 69.9 Å². The van der Waals surface area contributed by atoms with E-state index in [1.54, 1.807) is 13.0 Å². The molecule has 0 aliphatic carbocycles. The first-order valence-corrected chi connectivity index (χ1v) is 13.4. The number of halogens is 2. The van der Waals surface area contributed by atoms with Crippen LogP contribution in [0, 0.1) is 30.9 Å². The minimum absolute atomic E-state index is 0.0958. The lowest BCUT2D eigenvalue weighted by atomic mass is 9.78. The third-order valence-corrected chi connectivity index (χ3v) is 7.35. The molecule has 4 rings (SSSR count). The smallest absolute Gasteiger partial charge is 0.306 e. The number of fused-ring (bicyclic) bond motifs is 1. The van der Waals surface area contributed by atoms with E-state index in [1.165, 1.54) is 22.7 Å². The van der Waals surface area contributed by atoms with Gasteiger partial charge in [-0.2, -0.15) is 5.10 Å². The van der Waals surface area contributed by atoms with Crippen LogP contribution in [-0.4, -0.2) is 21.4 Å². The Bertz CT molecular complexity index is 1500. The third-order valence-electron chi connectivity index (χ3n) is 7.35. The normalized spacial score (nSPS) is 12.8. The second kappa shape index (κ2) is 12.4. The van der Waals surface area contributed by atoms with Crippen LogP contribution < -0.4 is 4.74 Å². The van der Waals surface area contributed by atoms with E-state index in [4.69, 9.17) is 9.47 Å². The molecule has 8 heteroatoms. The van der Waals surface area contributed by atoms with E-state index in [2.05, 4.69) is 5.10 Å². The number of carbonyl (C=O) groups excluding carboxylic acids is 2. The van der Waals surface area contributed by atoms with Crippen LogP contribution in [0.3, 0.4) is 0 Å². The summed E-state index contributed by atoms with van der Waals surface area (Å²) >= 11 is 0. The third kappa shape index (κ3) is 6.73. The second-order valence-corrected chi connectivity index (χ2v) is 10.5. The zero-order valence-electron chi connectivity index (χ0n) is 23.3. The van der Waals surface area contributed by atoms with Gasteiger partial charge < -0.3 is 9.47 Å². The predicted octanol–water partition coefficient (Wildman–Crippen LogP) is 7.32. The molecule has 0 aliphatic rings. The maximum atomic E-state index is 14.1. The molecule has 0 aliphatic heterocycles. The number of esters is 1. The van der Waals surface area contributed by atoms with Gasteiger partial charge in [-0.1, -0.05) is 56.7 Å². The van der Waals surface area contributed by atoms with Crippen molar-refractivity contribution in [2.45, 2.75) is 66.6 Å². The highest BCUT2D eigenvalue weighted by Crippen LogP contribution is 2.34. The van der Waals surface area contributed by atoms with Crippen LogP contribution in [0.1, 0.15) is 72.3 Å². The largest absolute Gasteiger partial charge is 0.473 e. The van der Waals surface area contributed by atoms with Crippen LogP contribution in [0.25, 0.3) is 5.52 Å². The molecule has 0 spiro atoms. The Morgan fingerprint density at radius 3 is 2.35 bits per heavy atom. The molecule has 0 radical (unpaired) electrons. The Morgan fingerprint density at radius 1 is 0.975 bits per heavy atom. The lowest BCUT2D eigenvalue weighted by Crippen LogP contribution is -2.23. The van der Waals surface area contributed by atoms with E-state index in [0.29, 0.717) is 29.6 Å². The predicted molar refractivity (Wildman–Crippen MR) is 148 cm³/mol. The average molecular weight is 549 g/mol.